The second-order valence-electron chi connectivity index (χ2n) is 4.39. The van der Waals surface area contributed by atoms with Crippen LogP contribution in [0.15, 0.2) is 24.3 Å². The van der Waals surface area contributed by atoms with Crippen molar-refractivity contribution in [2.45, 2.75) is 25.9 Å². The van der Waals surface area contributed by atoms with Gasteiger partial charge in [-0.15, -0.1) is 0 Å². The van der Waals surface area contributed by atoms with Gasteiger partial charge in [-0.2, -0.15) is 0 Å². The largest absolute Gasteiger partial charge is 0.377 e. The van der Waals surface area contributed by atoms with Gasteiger partial charge < -0.3 is 4.74 Å². The number of nitrogens with one attached hydrogen (secondary N) is 1. The lowest BCUT2D eigenvalue weighted by atomic mass is 10.2. The Morgan fingerprint density at radius 1 is 1.47 bits per heavy atom. The maximum absolute atomic E-state index is 11.9. The minimum atomic E-state index is -3.31. The van der Waals surface area contributed by atoms with Crippen LogP contribution in [0.25, 0.3) is 0 Å². The molecule has 1 saturated heterocycles. The third-order valence-corrected chi connectivity index (χ3v) is 4.08. The molecule has 2 rings (SSSR count). The van der Waals surface area contributed by atoms with Crippen molar-refractivity contribution in [2.75, 3.05) is 17.1 Å². The van der Waals surface area contributed by atoms with Crippen LogP contribution >= 0.6 is 0 Å². The second kappa shape index (κ2) is 5.06. The highest BCUT2D eigenvalue weighted by molar-refractivity contribution is 7.92. The first kappa shape index (κ1) is 12.4. The SMILES string of the molecule is Cc1cccc(NS(=O)(=O)C[C@@H]2CCCO2)c1. The number of ether oxygens (including phenoxy) is 1. The molecule has 0 aliphatic carbocycles. The first-order valence-corrected chi connectivity index (χ1v) is 7.39. The molecule has 17 heavy (non-hydrogen) atoms. The van der Waals surface area contributed by atoms with Crippen molar-refractivity contribution in [1.29, 1.82) is 0 Å². The fraction of sp³-hybridized carbons (Fsp3) is 0.500. The number of rotatable bonds is 4. The Balaban J connectivity index is 2.01. The lowest BCUT2D eigenvalue weighted by molar-refractivity contribution is 0.127. The van der Waals surface area contributed by atoms with Gasteiger partial charge in [-0.3, -0.25) is 4.72 Å². The lowest BCUT2D eigenvalue weighted by Crippen LogP contribution is -2.25. The summed E-state index contributed by atoms with van der Waals surface area (Å²) in [6.45, 7) is 2.60. The van der Waals surface area contributed by atoms with Crippen molar-refractivity contribution in [3.63, 3.8) is 0 Å². The summed E-state index contributed by atoms with van der Waals surface area (Å²) in [5.74, 6) is 0.0426. The Labute approximate surface area is 102 Å². The van der Waals surface area contributed by atoms with Crippen molar-refractivity contribution in [3.8, 4) is 0 Å². The molecule has 1 aliphatic rings. The van der Waals surface area contributed by atoms with Crippen LogP contribution in [0.1, 0.15) is 18.4 Å². The molecule has 0 aromatic heterocycles. The molecule has 1 atom stereocenters. The lowest BCUT2D eigenvalue weighted by Gasteiger charge is -2.12. The maximum Gasteiger partial charge on any atom is 0.235 e. The number of hydrogen-bond donors (Lipinski definition) is 1. The first-order valence-electron chi connectivity index (χ1n) is 5.74. The summed E-state index contributed by atoms with van der Waals surface area (Å²) in [6, 6.07) is 7.32. The molecule has 5 heteroatoms. The predicted molar refractivity (Wildman–Crippen MR) is 67.6 cm³/mol. The van der Waals surface area contributed by atoms with Crippen LogP contribution in [0.4, 0.5) is 5.69 Å². The molecule has 0 amide bonds. The number of hydrogen-bond acceptors (Lipinski definition) is 3. The highest BCUT2D eigenvalue weighted by Gasteiger charge is 2.23. The standard InChI is InChI=1S/C12H17NO3S/c1-10-4-2-5-11(8-10)13-17(14,15)9-12-6-3-7-16-12/h2,4-5,8,12-13H,3,6-7,9H2,1H3/t12-/m0/s1. The molecule has 1 heterocycles. The fourth-order valence-electron chi connectivity index (χ4n) is 1.95. The van der Waals surface area contributed by atoms with Gasteiger partial charge in [-0.1, -0.05) is 12.1 Å². The average molecular weight is 255 g/mol. The molecule has 4 nitrogen and oxygen atoms in total. The summed E-state index contributed by atoms with van der Waals surface area (Å²) in [4.78, 5) is 0. The zero-order chi connectivity index (χ0) is 12.3. The van der Waals surface area contributed by atoms with E-state index in [-0.39, 0.29) is 11.9 Å². The third kappa shape index (κ3) is 3.71. The molecular formula is C12H17NO3S. The molecular weight excluding hydrogens is 238 g/mol. The first-order chi connectivity index (χ1) is 8.05. The topological polar surface area (TPSA) is 55.4 Å². The van der Waals surface area contributed by atoms with Gasteiger partial charge in [0.25, 0.3) is 0 Å². The summed E-state index contributed by atoms with van der Waals surface area (Å²) in [5.41, 5.74) is 1.64. The number of anilines is 1. The van der Waals surface area contributed by atoms with E-state index in [0.717, 1.165) is 18.4 Å². The average Bonchev–Trinajstić information content (AvgIpc) is 2.68. The van der Waals surface area contributed by atoms with E-state index in [4.69, 9.17) is 4.74 Å². The molecule has 1 aliphatic heterocycles. The Kier molecular flexibility index (Phi) is 3.69. The van der Waals surface area contributed by atoms with Gasteiger partial charge in [-0.05, 0) is 37.5 Å². The Bertz CT molecular complexity index is 478. The van der Waals surface area contributed by atoms with E-state index in [1.54, 1.807) is 6.07 Å². The van der Waals surface area contributed by atoms with Gasteiger partial charge in [0, 0.05) is 12.3 Å². The van der Waals surface area contributed by atoms with Gasteiger partial charge in [0.15, 0.2) is 0 Å². The second-order valence-corrected chi connectivity index (χ2v) is 6.15. The van der Waals surface area contributed by atoms with E-state index >= 15 is 0 Å². The van der Waals surface area contributed by atoms with Crippen LogP contribution in [0.5, 0.6) is 0 Å². The van der Waals surface area contributed by atoms with E-state index in [9.17, 15) is 8.42 Å². The summed E-state index contributed by atoms with van der Waals surface area (Å²) >= 11 is 0. The Hall–Kier alpha value is -1.07. The monoisotopic (exact) mass is 255 g/mol. The number of benzene rings is 1. The van der Waals surface area contributed by atoms with Gasteiger partial charge in [0.05, 0.1) is 11.9 Å². The minimum absolute atomic E-state index is 0.0426. The van der Waals surface area contributed by atoms with Gasteiger partial charge in [0.2, 0.25) is 10.0 Å². The summed E-state index contributed by atoms with van der Waals surface area (Å²) < 4.78 is 31.7. The van der Waals surface area contributed by atoms with Crippen LogP contribution in [-0.4, -0.2) is 26.9 Å². The molecule has 0 spiro atoms. The summed E-state index contributed by atoms with van der Waals surface area (Å²) in [5, 5.41) is 0. The molecule has 1 fully saturated rings. The van der Waals surface area contributed by atoms with Crippen molar-refractivity contribution >= 4 is 15.7 Å². The highest BCUT2D eigenvalue weighted by atomic mass is 32.2. The van der Waals surface area contributed by atoms with Crippen molar-refractivity contribution in [3.05, 3.63) is 29.8 Å². The van der Waals surface area contributed by atoms with E-state index in [0.29, 0.717) is 12.3 Å². The van der Waals surface area contributed by atoms with Gasteiger partial charge >= 0.3 is 0 Å². The Morgan fingerprint density at radius 3 is 2.94 bits per heavy atom. The third-order valence-electron chi connectivity index (χ3n) is 2.72. The highest BCUT2D eigenvalue weighted by Crippen LogP contribution is 2.16. The molecule has 0 bridgehead atoms. The zero-order valence-electron chi connectivity index (χ0n) is 9.85. The van der Waals surface area contributed by atoms with E-state index < -0.39 is 10.0 Å². The van der Waals surface area contributed by atoms with Crippen molar-refractivity contribution in [1.82, 2.24) is 0 Å². The molecule has 0 saturated carbocycles. The van der Waals surface area contributed by atoms with Gasteiger partial charge in [0.1, 0.15) is 0 Å². The summed E-state index contributed by atoms with van der Waals surface area (Å²) in [6.07, 6.45) is 1.62. The molecule has 0 unspecified atom stereocenters. The zero-order valence-corrected chi connectivity index (χ0v) is 10.7. The fourth-order valence-corrected chi connectivity index (χ4v) is 3.27. The normalized spacial score (nSPS) is 20.4. The van der Waals surface area contributed by atoms with E-state index in [1.165, 1.54) is 0 Å². The molecule has 1 aromatic carbocycles. The van der Waals surface area contributed by atoms with Crippen LogP contribution in [0.2, 0.25) is 0 Å². The van der Waals surface area contributed by atoms with Crippen molar-refractivity contribution < 1.29 is 13.2 Å². The summed E-state index contributed by atoms with van der Waals surface area (Å²) in [7, 11) is -3.31. The van der Waals surface area contributed by atoms with E-state index in [2.05, 4.69) is 4.72 Å². The molecule has 1 N–H and O–H groups in total. The molecule has 0 radical (unpaired) electrons. The van der Waals surface area contributed by atoms with Crippen molar-refractivity contribution in [2.24, 2.45) is 0 Å². The number of sulfonamides is 1. The predicted octanol–water partition coefficient (Wildman–Crippen LogP) is 1.92. The smallest absolute Gasteiger partial charge is 0.235 e. The molecule has 1 aromatic rings. The van der Waals surface area contributed by atoms with Gasteiger partial charge in [-0.25, -0.2) is 8.42 Å². The quantitative estimate of drug-likeness (QED) is 0.894. The minimum Gasteiger partial charge on any atom is -0.377 e. The van der Waals surface area contributed by atoms with Crippen LogP contribution in [-0.2, 0) is 14.8 Å². The molecule has 94 valence electrons. The number of aryl methyl sites for hydroxylation is 1. The van der Waals surface area contributed by atoms with E-state index in [1.807, 2.05) is 25.1 Å². The maximum atomic E-state index is 11.9. The van der Waals surface area contributed by atoms with Crippen LogP contribution in [0.3, 0.4) is 0 Å². The van der Waals surface area contributed by atoms with Crippen LogP contribution in [0, 0.1) is 6.92 Å². The van der Waals surface area contributed by atoms with Crippen LogP contribution < -0.4 is 4.72 Å². The Morgan fingerprint density at radius 2 is 2.29 bits per heavy atom.